The molecule has 0 unspecified atom stereocenters. The van der Waals surface area contributed by atoms with Crippen molar-refractivity contribution in [2.45, 2.75) is 6.42 Å². The van der Waals surface area contributed by atoms with E-state index < -0.39 is 4.92 Å². The van der Waals surface area contributed by atoms with Crippen molar-refractivity contribution in [2.24, 2.45) is 5.73 Å². The van der Waals surface area contributed by atoms with Gasteiger partial charge in [0.1, 0.15) is 18.0 Å². The van der Waals surface area contributed by atoms with E-state index in [9.17, 15) is 10.1 Å². The van der Waals surface area contributed by atoms with Crippen LogP contribution in [0.15, 0.2) is 36.9 Å². The van der Waals surface area contributed by atoms with Crippen LogP contribution < -0.4 is 5.73 Å². The van der Waals surface area contributed by atoms with Crippen LogP contribution in [-0.4, -0.2) is 31.0 Å². The number of nitro benzene ring substituents is 1. The van der Waals surface area contributed by atoms with E-state index in [2.05, 4.69) is 15.0 Å². The molecule has 1 aromatic carbocycles. The molecular formula is C13H12N6O2. The fourth-order valence-electron chi connectivity index (χ4n) is 2.18. The average molecular weight is 284 g/mol. The summed E-state index contributed by atoms with van der Waals surface area (Å²) in [4.78, 5) is 23.1. The minimum Gasteiger partial charge on any atom is -0.330 e. The maximum atomic E-state index is 10.9. The van der Waals surface area contributed by atoms with Crippen LogP contribution in [0.1, 0.15) is 5.82 Å². The van der Waals surface area contributed by atoms with E-state index in [0.717, 1.165) is 5.82 Å². The second kappa shape index (κ2) is 5.25. The van der Waals surface area contributed by atoms with E-state index in [1.807, 2.05) is 0 Å². The van der Waals surface area contributed by atoms with E-state index in [1.54, 1.807) is 23.0 Å². The Morgan fingerprint density at radius 1 is 1.29 bits per heavy atom. The van der Waals surface area contributed by atoms with Crippen LogP contribution in [0.25, 0.3) is 16.7 Å². The molecule has 2 heterocycles. The summed E-state index contributed by atoms with van der Waals surface area (Å²) in [7, 11) is 0. The Balaban J connectivity index is 2.24. The first-order valence-electron chi connectivity index (χ1n) is 6.32. The Labute approximate surface area is 119 Å². The van der Waals surface area contributed by atoms with Crippen LogP contribution >= 0.6 is 0 Å². The predicted octanol–water partition coefficient (Wildman–Crippen LogP) is 1.22. The van der Waals surface area contributed by atoms with Gasteiger partial charge in [-0.2, -0.15) is 0 Å². The van der Waals surface area contributed by atoms with Gasteiger partial charge in [0, 0.05) is 30.9 Å². The zero-order chi connectivity index (χ0) is 14.8. The molecule has 8 heteroatoms. The number of imidazole rings is 1. The summed E-state index contributed by atoms with van der Waals surface area (Å²) in [6.45, 7) is 0.459. The molecular weight excluding hydrogens is 272 g/mol. The average Bonchev–Trinajstić information content (AvgIpc) is 2.94. The maximum absolute atomic E-state index is 10.9. The van der Waals surface area contributed by atoms with Crippen LogP contribution in [-0.2, 0) is 6.42 Å². The van der Waals surface area contributed by atoms with Crippen molar-refractivity contribution in [3.05, 3.63) is 52.9 Å². The normalized spacial score (nSPS) is 10.9. The Hall–Kier alpha value is -2.87. The third kappa shape index (κ3) is 2.32. The monoisotopic (exact) mass is 284 g/mol. The third-order valence-corrected chi connectivity index (χ3v) is 3.12. The van der Waals surface area contributed by atoms with Crippen LogP contribution in [0.2, 0.25) is 0 Å². The smallest absolute Gasteiger partial charge is 0.270 e. The molecule has 0 amide bonds. The number of nitrogens with two attached hydrogens (primary N) is 1. The number of fused-ring (bicyclic) bond motifs is 1. The fraction of sp³-hybridized carbons (Fsp3) is 0.154. The quantitative estimate of drug-likeness (QED) is 0.569. The number of hydrogen-bond acceptors (Lipinski definition) is 6. The van der Waals surface area contributed by atoms with E-state index in [-0.39, 0.29) is 5.69 Å². The van der Waals surface area contributed by atoms with Gasteiger partial charge in [-0.3, -0.25) is 14.7 Å². The van der Waals surface area contributed by atoms with Crippen LogP contribution in [0, 0.1) is 10.1 Å². The molecule has 0 fully saturated rings. The first-order chi connectivity index (χ1) is 10.2. The minimum atomic E-state index is -0.440. The second-order valence-corrected chi connectivity index (χ2v) is 4.41. The lowest BCUT2D eigenvalue weighted by Crippen LogP contribution is -2.10. The Morgan fingerprint density at radius 3 is 2.90 bits per heavy atom. The number of hydrogen-bond donors (Lipinski definition) is 1. The van der Waals surface area contributed by atoms with Gasteiger partial charge in [0.25, 0.3) is 5.69 Å². The summed E-state index contributed by atoms with van der Waals surface area (Å²) < 4.78 is 1.78. The maximum Gasteiger partial charge on any atom is 0.270 e. The molecule has 2 N–H and O–H groups in total. The van der Waals surface area contributed by atoms with Gasteiger partial charge < -0.3 is 5.73 Å². The summed E-state index contributed by atoms with van der Waals surface area (Å²) in [6, 6.07) is 4.50. The molecule has 2 aromatic heterocycles. The molecule has 0 saturated carbocycles. The van der Waals surface area contributed by atoms with E-state index in [4.69, 9.17) is 5.73 Å². The molecule has 0 aliphatic heterocycles. The Kier molecular flexibility index (Phi) is 3.28. The molecule has 0 spiro atoms. The summed E-state index contributed by atoms with van der Waals surface area (Å²) in [5.74, 6) is 1.31. The molecule has 3 aromatic rings. The summed E-state index contributed by atoms with van der Waals surface area (Å²) in [6.07, 6.45) is 5.42. The zero-order valence-electron chi connectivity index (χ0n) is 11.0. The molecule has 0 saturated heterocycles. The van der Waals surface area contributed by atoms with Gasteiger partial charge >= 0.3 is 0 Å². The van der Waals surface area contributed by atoms with Crippen LogP contribution in [0.5, 0.6) is 0 Å². The molecule has 21 heavy (non-hydrogen) atoms. The van der Waals surface area contributed by atoms with Crippen LogP contribution in [0.3, 0.4) is 0 Å². The first-order valence-corrected chi connectivity index (χ1v) is 6.32. The third-order valence-electron chi connectivity index (χ3n) is 3.12. The van der Waals surface area contributed by atoms with Gasteiger partial charge in [-0.25, -0.2) is 15.0 Å². The van der Waals surface area contributed by atoms with Crippen molar-refractivity contribution in [3.8, 4) is 5.82 Å². The van der Waals surface area contributed by atoms with Crippen molar-refractivity contribution >= 4 is 16.6 Å². The number of benzene rings is 1. The van der Waals surface area contributed by atoms with Crippen molar-refractivity contribution in [1.29, 1.82) is 0 Å². The number of nitrogens with zero attached hydrogens (tertiary/aromatic N) is 5. The van der Waals surface area contributed by atoms with Gasteiger partial charge in [0.15, 0.2) is 0 Å². The van der Waals surface area contributed by atoms with Crippen molar-refractivity contribution in [3.63, 3.8) is 0 Å². The molecule has 0 radical (unpaired) electrons. The molecule has 3 rings (SSSR count). The zero-order valence-corrected chi connectivity index (χ0v) is 11.0. The highest BCUT2D eigenvalue weighted by Gasteiger charge is 2.13. The number of nitro groups is 1. The Morgan fingerprint density at radius 2 is 2.14 bits per heavy atom. The van der Waals surface area contributed by atoms with Crippen LogP contribution in [0.4, 0.5) is 5.69 Å². The standard InChI is InChI=1S/C13H12N6O2/c14-4-3-12-15-5-6-18(12)13-10-7-9(19(20)21)1-2-11(10)16-8-17-13/h1-2,5-8H,3-4,14H2. The van der Waals surface area contributed by atoms with Crippen molar-refractivity contribution < 1.29 is 4.92 Å². The van der Waals surface area contributed by atoms with Crippen molar-refractivity contribution in [1.82, 2.24) is 19.5 Å². The molecule has 0 aliphatic carbocycles. The largest absolute Gasteiger partial charge is 0.330 e. The highest BCUT2D eigenvalue weighted by Crippen LogP contribution is 2.24. The highest BCUT2D eigenvalue weighted by atomic mass is 16.6. The summed E-state index contributed by atoms with van der Waals surface area (Å²) in [5, 5.41) is 11.5. The summed E-state index contributed by atoms with van der Waals surface area (Å²) >= 11 is 0. The number of rotatable bonds is 4. The van der Waals surface area contributed by atoms with E-state index >= 15 is 0 Å². The van der Waals surface area contributed by atoms with Gasteiger partial charge in [-0.15, -0.1) is 0 Å². The minimum absolute atomic E-state index is 0.000889. The first kappa shape index (κ1) is 13.1. The number of aromatic nitrogens is 4. The Bertz CT molecular complexity index is 813. The lowest BCUT2D eigenvalue weighted by molar-refractivity contribution is -0.384. The molecule has 0 bridgehead atoms. The van der Waals surface area contributed by atoms with E-state index in [0.29, 0.717) is 29.7 Å². The van der Waals surface area contributed by atoms with Gasteiger partial charge in [-0.05, 0) is 12.6 Å². The lowest BCUT2D eigenvalue weighted by atomic mass is 10.2. The predicted molar refractivity (Wildman–Crippen MR) is 76.1 cm³/mol. The fourth-order valence-corrected chi connectivity index (χ4v) is 2.18. The molecule has 0 atom stereocenters. The van der Waals surface area contributed by atoms with Gasteiger partial charge in [0.05, 0.1) is 15.8 Å². The molecule has 0 aliphatic rings. The SMILES string of the molecule is NCCc1nccn1-c1ncnc2ccc([N+](=O)[O-])cc12. The molecule has 106 valence electrons. The summed E-state index contributed by atoms with van der Waals surface area (Å²) in [5.41, 5.74) is 6.20. The second-order valence-electron chi connectivity index (χ2n) is 4.41. The van der Waals surface area contributed by atoms with E-state index in [1.165, 1.54) is 18.5 Å². The highest BCUT2D eigenvalue weighted by molar-refractivity contribution is 5.87. The lowest BCUT2D eigenvalue weighted by Gasteiger charge is -2.08. The molecule has 8 nitrogen and oxygen atoms in total. The number of non-ortho nitro benzene ring substituents is 1. The topological polar surface area (TPSA) is 113 Å². The van der Waals surface area contributed by atoms with Gasteiger partial charge in [-0.1, -0.05) is 0 Å². The van der Waals surface area contributed by atoms with Crippen molar-refractivity contribution in [2.75, 3.05) is 6.54 Å². The van der Waals surface area contributed by atoms with Gasteiger partial charge in [0.2, 0.25) is 0 Å².